The van der Waals surface area contributed by atoms with Crippen LogP contribution in [-0.2, 0) is 17.6 Å². The van der Waals surface area contributed by atoms with Gasteiger partial charge in [-0.05, 0) is 25.5 Å². The molecule has 3 N–H and O–H groups in total. The van der Waals surface area contributed by atoms with E-state index in [9.17, 15) is 4.79 Å². The lowest BCUT2D eigenvalue weighted by Crippen LogP contribution is -2.27. The third kappa shape index (κ3) is 3.43. The third-order valence-electron chi connectivity index (χ3n) is 2.76. The van der Waals surface area contributed by atoms with E-state index >= 15 is 0 Å². The van der Waals surface area contributed by atoms with Gasteiger partial charge in [0.2, 0.25) is 5.91 Å². The number of carbonyl (C=O) groups is 1. The fraction of sp³-hybridized carbons (Fsp3) is 0.636. The molecule has 0 saturated carbocycles. The molecule has 0 aromatic carbocycles. The van der Waals surface area contributed by atoms with Crippen molar-refractivity contribution in [1.82, 2.24) is 4.98 Å². The summed E-state index contributed by atoms with van der Waals surface area (Å²) in [4.78, 5) is 17.3. The molecule has 6 heteroatoms. The van der Waals surface area contributed by atoms with Gasteiger partial charge in [-0.15, -0.1) is 11.3 Å². The minimum atomic E-state index is 0.0507. The van der Waals surface area contributed by atoms with Crippen LogP contribution in [0.15, 0.2) is 0 Å². The van der Waals surface area contributed by atoms with E-state index in [2.05, 4.69) is 10.3 Å². The largest absolute Gasteiger partial charge is 0.327 e. The van der Waals surface area contributed by atoms with Crippen molar-refractivity contribution in [1.29, 1.82) is 0 Å². The lowest BCUT2D eigenvalue weighted by molar-refractivity contribution is -0.115. The van der Waals surface area contributed by atoms with Crippen LogP contribution in [0.5, 0.6) is 0 Å². The first-order valence-corrected chi connectivity index (χ1v) is 7.93. The van der Waals surface area contributed by atoms with Crippen LogP contribution in [0.25, 0.3) is 0 Å². The molecule has 0 spiro atoms. The molecule has 0 aliphatic heterocycles. The average molecular weight is 271 g/mol. The fourth-order valence-electron chi connectivity index (χ4n) is 1.83. The van der Waals surface area contributed by atoms with Gasteiger partial charge in [0.05, 0.1) is 5.69 Å². The number of aryl methyl sites for hydroxylation is 1. The Morgan fingerprint density at radius 3 is 3.29 bits per heavy atom. The Kier molecular flexibility index (Phi) is 4.42. The average Bonchev–Trinajstić information content (AvgIpc) is 2.67. The Hall–Kier alpha value is -0.590. The van der Waals surface area contributed by atoms with Crippen LogP contribution < -0.4 is 11.1 Å². The normalized spacial score (nSPS) is 18.8. The first kappa shape index (κ1) is 12.9. The van der Waals surface area contributed by atoms with E-state index < -0.39 is 0 Å². The summed E-state index contributed by atoms with van der Waals surface area (Å²) >= 11 is 3.24. The molecule has 1 aliphatic rings. The SMILES string of the molecule is CSCCC(=O)Nc1nc2c(s1)C[C@@H](N)CC2. The molecule has 0 bridgehead atoms. The summed E-state index contributed by atoms with van der Waals surface area (Å²) in [6, 6.07) is 0.253. The van der Waals surface area contributed by atoms with Crippen LogP contribution in [0.1, 0.15) is 23.4 Å². The molecule has 0 radical (unpaired) electrons. The second-order valence-electron chi connectivity index (χ2n) is 4.18. The number of nitrogens with two attached hydrogens (primary N) is 1. The standard InChI is InChI=1S/C11H17N3OS2/c1-16-5-4-10(15)14-11-13-8-3-2-7(12)6-9(8)17-11/h7H,2-6,12H2,1H3,(H,13,14,15)/t7-/m0/s1. The van der Waals surface area contributed by atoms with Crippen molar-refractivity contribution in [3.63, 3.8) is 0 Å². The number of thioether (sulfide) groups is 1. The van der Waals surface area contributed by atoms with E-state index in [1.165, 1.54) is 4.88 Å². The Balaban J connectivity index is 1.96. The van der Waals surface area contributed by atoms with Gasteiger partial charge in [-0.2, -0.15) is 11.8 Å². The van der Waals surface area contributed by atoms with Crippen LogP contribution in [-0.4, -0.2) is 28.9 Å². The van der Waals surface area contributed by atoms with Gasteiger partial charge in [0.15, 0.2) is 5.13 Å². The second kappa shape index (κ2) is 5.84. The van der Waals surface area contributed by atoms with E-state index in [1.54, 1.807) is 23.1 Å². The highest BCUT2D eigenvalue weighted by Crippen LogP contribution is 2.29. The van der Waals surface area contributed by atoms with Gasteiger partial charge in [-0.25, -0.2) is 4.98 Å². The van der Waals surface area contributed by atoms with E-state index in [1.807, 2.05) is 6.26 Å². The number of nitrogens with zero attached hydrogens (tertiary/aromatic N) is 1. The van der Waals surface area contributed by atoms with Gasteiger partial charge in [-0.1, -0.05) is 0 Å². The predicted octanol–water partition coefficient (Wildman–Crippen LogP) is 1.65. The molecule has 0 fully saturated rings. The number of amides is 1. The zero-order valence-corrected chi connectivity index (χ0v) is 11.5. The van der Waals surface area contributed by atoms with Crippen molar-refractivity contribution in [2.24, 2.45) is 5.73 Å². The van der Waals surface area contributed by atoms with Crippen LogP contribution in [0.3, 0.4) is 0 Å². The number of hydrogen-bond acceptors (Lipinski definition) is 5. The van der Waals surface area contributed by atoms with Crippen molar-refractivity contribution in [2.75, 3.05) is 17.3 Å². The number of anilines is 1. The summed E-state index contributed by atoms with van der Waals surface area (Å²) in [5.74, 6) is 0.900. The number of aromatic nitrogens is 1. The number of fused-ring (bicyclic) bond motifs is 1. The molecule has 0 saturated heterocycles. The molecule has 2 rings (SSSR count). The van der Waals surface area contributed by atoms with Crippen LogP contribution in [0.4, 0.5) is 5.13 Å². The molecule has 1 aromatic heterocycles. The van der Waals surface area contributed by atoms with Crippen molar-refractivity contribution in [3.8, 4) is 0 Å². The van der Waals surface area contributed by atoms with Crippen molar-refractivity contribution in [3.05, 3.63) is 10.6 Å². The zero-order valence-electron chi connectivity index (χ0n) is 9.86. The maximum atomic E-state index is 11.6. The summed E-state index contributed by atoms with van der Waals surface area (Å²) in [5, 5.41) is 3.59. The molecule has 1 aromatic rings. The zero-order chi connectivity index (χ0) is 12.3. The summed E-state index contributed by atoms with van der Waals surface area (Å²) in [5.41, 5.74) is 7.04. The number of nitrogens with one attached hydrogen (secondary N) is 1. The summed E-state index contributed by atoms with van der Waals surface area (Å²) in [6.07, 6.45) is 5.37. The van der Waals surface area contributed by atoms with Crippen LogP contribution in [0, 0.1) is 0 Å². The second-order valence-corrected chi connectivity index (χ2v) is 6.25. The summed E-state index contributed by atoms with van der Waals surface area (Å²) in [7, 11) is 0. The van der Waals surface area contributed by atoms with E-state index in [4.69, 9.17) is 5.73 Å². The topological polar surface area (TPSA) is 68.0 Å². The molecule has 4 nitrogen and oxygen atoms in total. The molecular weight excluding hydrogens is 254 g/mol. The molecule has 1 aliphatic carbocycles. The maximum absolute atomic E-state index is 11.6. The Morgan fingerprint density at radius 1 is 1.71 bits per heavy atom. The number of thiazole rings is 1. The lowest BCUT2D eigenvalue weighted by Gasteiger charge is -2.15. The van der Waals surface area contributed by atoms with Gasteiger partial charge in [0.25, 0.3) is 0 Å². The first-order chi connectivity index (χ1) is 8.19. The Morgan fingerprint density at radius 2 is 2.53 bits per heavy atom. The quantitative estimate of drug-likeness (QED) is 0.874. The van der Waals surface area contributed by atoms with Crippen LogP contribution in [0.2, 0.25) is 0 Å². The van der Waals surface area contributed by atoms with Crippen molar-refractivity contribution >= 4 is 34.1 Å². The van der Waals surface area contributed by atoms with Crippen molar-refractivity contribution in [2.45, 2.75) is 31.7 Å². The molecule has 1 atom stereocenters. The van der Waals surface area contributed by atoms with Gasteiger partial charge in [0, 0.05) is 23.1 Å². The molecule has 1 heterocycles. The highest BCUT2D eigenvalue weighted by atomic mass is 32.2. The smallest absolute Gasteiger partial charge is 0.226 e. The number of carbonyl (C=O) groups excluding carboxylic acids is 1. The molecule has 1 amide bonds. The first-order valence-electron chi connectivity index (χ1n) is 5.72. The molecule has 17 heavy (non-hydrogen) atoms. The fourth-order valence-corrected chi connectivity index (χ4v) is 3.34. The van der Waals surface area contributed by atoms with Crippen LogP contribution >= 0.6 is 23.1 Å². The molecule has 94 valence electrons. The predicted molar refractivity (Wildman–Crippen MR) is 73.7 cm³/mol. The minimum Gasteiger partial charge on any atom is -0.327 e. The minimum absolute atomic E-state index is 0.0507. The third-order valence-corrected chi connectivity index (χ3v) is 4.41. The number of hydrogen-bond donors (Lipinski definition) is 2. The van der Waals surface area contributed by atoms with Gasteiger partial charge < -0.3 is 11.1 Å². The van der Waals surface area contributed by atoms with Crippen molar-refractivity contribution < 1.29 is 4.79 Å². The highest BCUT2D eigenvalue weighted by Gasteiger charge is 2.20. The van der Waals surface area contributed by atoms with Gasteiger partial charge >= 0.3 is 0 Å². The van der Waals surface area contributed by atoms with E-state index in [0.29, 0.717) is 6.42 Å². The molecular formula is C11H17N3OS2. The van der Waals surface area contributed by atoms with Gasteiger partial charge in [0.1, 0.15) is 0 Å². The Labute approximate surface area is 109 Å². The Bertz CT molecular complexity index is 405. The maximum Gasteiger partial charge on any atom is 0.226 e. The summed E-state index contributed by atoms with van der Waals surface area (Å²) in [6.45, 7) is 0. The molecule has 0 unspecified atom stereocenters. The summed E-state index contributed by atoms with van der Waals surface area (Å²) < 4.78 is 0. The lowest BCUT2D eigenvalue weighted by atomic mass is 9.99. The van der Waals surface area contributed by atoms with E-state index in [-0.39, 0.29) is 11.9 Å². The van der Waals surface area contributed by atoms with Gasteiger partial charge in [-0.3, -0.25) is 4.79 Å². The number of rotatable bonds is 4. The highest BCUT2D eigenvalue weighted by molar-refractivity contribution is 7.98. The van der Waals surface area contributed by atoms with E-state index in [0.717, 1.165) is 35.8 Å². The monoisotopic (exact) mass is 271 g/mol.